The second-order valence-electron chi connectivity index (χ2n) is 5.54. The average Bonchev–Trinajstić information content (AvgIpc) is 3.05. The van der Waals surface area contributed by atoms with E-state index in [2.05, 4.69) is 12.2 Å². The highest BCUT2D eigenvalue weighted by Crippen LogP contribution is 2.19. The fourth-order valence-electron chi connectivity index (χ4n) is 2.63. The zero-order chi connectivity index (χ0) is 15.1. The quantitative estimate of drug-likeness (QED) is 0.819. The van der Waals surface area contributed by atoms with Gasteiger partial charge in [0.25, 0.3) is 5.91 Å². The number of furan rings is 1. The predicted molar refractivity (Wildman–Crippen MR) is 79.9 cm³/mol. The molecule has 5 heteroatoms. The Bertz CT molecular complexity index is 448. The Morgan fingerprint density at radius 2 is 2.10 bits per heavy atom. The van der Waals surface area contributed by atoms with Gasteiger partial charge >= 0.3 is 0 Å². The van der Waals surface area contributed by atoms with E-state index in [-0.39, 0.29) is 17.7 Å². The van der Waals surface area contributed by atoms with Gasteiger partial charge in [0.15, 0.2) is 5.76 Å². The monoisotopic (exact) mass is 292 g/mol. The molecule has 0 aromatic carbocycles. The first-order chi connectivity index (χ1) is 10.2. The number of rotatable bonds is 6. The van der Waals surface area contributed by atoms with E-state index in [0.29, 0.717) is 18.8 Å². The number of carbonyl (C=O) groups excluding carboxylic acids is 2. The van der Waals surface area contributed by atoms with Gasteiger partial charge in [-0.05, 0) is 31.4 Å². The molecule has 5 nitrogen and oxygen atoms in total. The zero-order valence-electron chi connectivity index (χ0n) is 12.6. The molecule has 1 fully saturated rings. The molecule has 0 spiro atoms. The number of amides is 2. The van der Waals surface area contributed by atoms with Crippen molar-refractivity contribution in [1.82, 2.24) is 10.2 Å². The number of likely N-dealkylation sites (tertiary alicyclic amines) is 1. The molecule has 1 aliphatic heterocycles. The number of hydrogen-bond acceptors (Lipinski definition) is 3. The number of nitrogens with one attached hydrogen (secondary N) is 1. The van der Waals surface area contributed by atoms with Crippen molar-refractivity contribution in [2.24, 2.45) is 5.92 Å². The second-order valence-corrected chi connectivity index (χ2v) is 5.54. The van der Waals surface area contributed by atoms with E-state index < -0.39 is 0 Å². The molecule has 1 aromatic heterocycles. The van der Waals surface area contributed by atoms with Crippen molar-refractivity contribution in [2.75, 3.05) is 19.6 Å². The molecular weight excluding hydrogens is 268 g/mol. The Labute approximate surface area is 125 Å². The van der Waals surface area contributed by atoms with Gasteiger partial charge in [0, 0.05) is 25.6 Å². The Hall–Kier alpha value is -1.78. The first kappa shape index (κ1) is 15.6. The van der Waals surface area contributed by atoms with Gasteiger partial charge in [-0.2, -0.15) is 0 Å². The zero-order valence-corrected chi connectivity index (χ0v) is 12.6. The van der Waals surface area contributed by atoms with Gasteiger partial charge in [0.1, 0.15) is 0 Å². The third-order valence-electron chi connectivity index (χ3n) is 3.96. The van der Waals surface area contributed by atoms with Crippen LogP contribution in [-0.2, 0) is 4.79 Å². The lowest BCUT2D eigenvalue weighted by molar-refractivity contribution is -0.126. The predicted octanol–water partition coefficient (Wildman–Crippen LogP) is 2.44. The van der Waals surface area contributed by atoms with Crippen molar-refractivity contribution < 1.29 is 14.0 Å². The van der Waals surface area contributed by atoms with E-state index in [0.717, 1.165) is 38.6 Å². The Balaban J connectivity index is 1.72. The molecule has 116 valence electrons. The van der Waals surface area contributed by atoms with Crippen LogP contribution in [0, 0.1) is 5.92 Å². The van der Waals surface area contributed by atoms with Crippen molar-refractivity contribution in [1.29, 1.82) is 0 Å². The fraction of sp³-hybridized carbons (Fsp3) is 0.625. The summed E-state index contributed by atoms with van der Waals surface area (Å²) in [4.78, 5) is 25.9. The molecular formula is C16H24N2O3. The molecule has 1 aromatic rings. The minimum Gasteiger partial charge on any atom is -0.459 e. The van der Waals surface area contributed by atoms with E-state index >= 15 is 0 Å². The highest BCUT2D eigenvalue weighted by atomic mass is 16.3. The smallest absolute Gasteiger partial charge is 0.289 e. The highest BCUT2D eigenvalue weighted by Gasteiger charge is 2.28. The van der Waals surface area contributed by atoms with E-state index in [1.807, 2.05) is 0 Å². The summed E-state index contributed by atoms with van der Waals surface area (Å²) in [7, 11) is 0. The molecule has 2 amide bonds. The summed E-state index contributed by atoms with van der Waals surface area (Å²) in [5.41, 5.74) is 0. The molecule has 1 aliphatic rings. The normalized spacial score (nSPS) is 16.0. The maximum Gasteiger partial charge on any atom is 0.289 e. The van der Waals surface area contributed by atoms with Gasteiger partial charge in [0.2, 0.25) is 5.91 Å². The Morgan fingerprint density at radius 3 is 2.71 bits per heavy atom. The van der Waals surface area contributed by atoms with Gasteiger partial charge < -0.3 is 14.6 Å². The lowest BCUT2D eigenvalue weighted by atomic mass is 9.95. The Morgan fingerprint density at radius 1 is 1.33 bits per heavy atom. The topological polar surface area (TPSA) is 62.6 Å². The number of hydrogen-bond donors (Lipinski definition) is 1. The van der Waals surface area contributed by atoms with Crippen LogP contribution in [0.3, 0.4) is 0 Å². The lowest BCUT2D eigenvalue weighted by Crippen LogP contribution is -2.43. The summed E-state index contributed by atoms with van der Waals surface area (Å²) in [6.45, 7) is 4.14. The van der Waals surface area contributed by atoms with Crippen molar-refractivity contribution in [3.63, 3.8) is 0 Å². The van der Waals surface area contributed by atoms with Crippen LogP contribution < -0.4 is 5.32 Å². The van der Waals surface area contributed by atoms with Crippen LogP contribution >= 0.6 is 0 Å². The van der Waals surface area contributed by atoms with Crippen LogP contribution in [0.2, 0.25) is 0 Å². The summed E-state index contributed by atoms with van der Waals surface area (Å²) in [6.07, 6.45) is 6.30. The molecule has 0 atom stereocenters. The SMILES string of the molecule is CCCCCNC(=O)C1CCN(C(=O)c2ccco2)CC1. The minimum absolute atomic E-state index is 0.0345. The standard InChI is InChI=1S/C16H24N2O3/c1-2-3-4-9-17-15(19)13-7-10-18(11-8-13)16(20)14-6-5-12-21-14/h5-6,12-13H,2-4,7-11H2,1H3,(H,17,19). The summed E-state index contributed by atoms with van der Waals surface area (Å²) < 4.78 is 5.13. The second kappa shape index (κ2) is 7.86. The fourth-order valence-corrected chi connectivity index (χ4v) is 2.63. The van der Waals surface area contributed by atoms with Gasteiger partial charge in [0.05, 0.1) is 6.26 Å². The van der Waals surface area contributed by atoms with Crippen molar-refractivity contribution in [3.05, 3.63) is 24.2 Å². The first-order valence-corrected chi connectivity index (χ1v) is 7.83. The highest BCUT2D eigenvalue weighted by molar-refractivity contribution is 5.91. The van der Waals surface area contributed by atoms with Crippen molar-refractivity contribution >= 4 is 11.8 Å². The number of unbranched alkanes of at least 4 members (excludes halogenated alkanes) is 2. The van der Waals surface area contributed by atoms with Crippen LogP contribution in [0.4, 0.5) is 0 Å². The summed E-state index contributed by atoms with van der Waals surface area (Å²) >= 11 is 0. The number of piperidine rings is 1. The summed E-state index contributed by atoms with van der Waals surface area (Å²) in [6, 6.07) is 3.39. The van der Waals surface area contributed by atoms with E-state index in [4.69, 9.17) is 4.42 Å². The van der Waals surface area contributed by atoms with Crippen molar-refractivity contribution in [3.8, 4) is 0 Å². The molecule has 0 aliphatic carbocycles. The van der Waals surface area contributed by atoms with Crippen LogP contribution in [0.25, 0.3) is 0 Å². The molecule has 2 heterocycles. The minimum atomic E-state index is -0.0817. The van der Waals surface area contributed by atoms with Crippen LogP contribution in [0.1, 0.15) is 49.6 Å². The molecule has 0 unspecified atom stereocenters. The van der Waals surface area contributed by atoms with Crippen molar-refractivity contribution in [2.45, 2.75) is 39.0 Å². The van der Waals surface area contributed by atoms with Crippen LogP contribution in [0.5, 0.6) is 0 Å². The lowest BCUT2D eigenvalue weighted by Gasteiger charge is -2.30. The molecule has 0 bridgehead atoms. The largest absolute Gasteiger partial charge is 0.459 e. The van der Waals surface area contributed by atoms with E-state index in [9.17, 15) is 9.59 Å². The molecule has 0 saturated carbocycles. The maximum absolute atomic E-state index is 12.1. The third kappa shape index (κ3) is 4.34. The molecule has 1 N–H and O–H groups in total. The molecule has 1 saturated heterocycles. The summed E-state index contributed by atoms with van der Waals surface area (Å²) in [5, 5.41) is 3.00. The molecule has 2 rings (SSSR count). The van der Waals surface area contributed by atoms with Gasteiger partial charge in [-0.3, -0.25) is 9.59 Å². The average molecular weight is 292 g/mol. The third-order valence-corrected chi connectivity index (χ3v) is 3.96. The van der Waals surface area contributed by atoms with E-state index in [1.165, 1.54) is 6.26 Å². The van der Waals surface area contributed by atoms with Crippen LogP contribution in [-0.4, -0.2) is 36.3 Å². The molecule has 0 radical (unpaired) electrons. The number of carbonyl (C=O) groups is 2. The Kier molecular flexibility index (Phi) is 5.84. The summed E-state index contributed by atoms with van der Waals surface area (Å²) in [5.74, 6) is 0.461. The van der Waals surface area contributed by atoms with Gasteiger partial charge in [-0.15, -0.1) is 0 Å². The van der Waals surface area contributed by atoms with Gasteiger partial charge in [-0.25, -0.2) is 0 Å². The molecule has 21 heavy (non-hydrogen) atoms. The number of nitrogens with zero attached hydrogens (tertiary/aromatic N) is 1. The maximum atomic E-state index is 12.1. The first-order valence-electron chi connectivity index (χ1n) is 7.83. The van der Waals surface area contributed by atoms with Gasteiger partial charge in [-0.1, -0.05) is 19.8 Å². The van der Waals surface area contributed by atoms with E-state index in [1.54, 1.807) is 17.0 Å². The van der Waals surface area contributed by atoms with Crippen LogP contribution in [0.15, 0.2) is 22.8 Å².